The Kier molecular flexibility index (Phi) is 7.38. The molecule has 0 unspecified atom stereocenters. The number of carbonyl (C=O) groups is 2. The number of halogens is 3. The van der Waals surface area contributed by atoms with E-state index < -0.39 is 15.9 Å². The normalized spacial score (nSPS) is 14.9. The van der Waals surface area contributed by atoms with Gasteiger partial charge in [0.2, 0.25) is 9.70 Å². The Labute approximate surface area is 176 Å². The van der Waals surface area contributed by atoms with Crippen molar-refractivity contribution < 1.29 is 9.59 Å². The average Bonchev–Trinajstić information content (AvgIpc) is 2.90. The van der Waals surface area contributed by atoms with E-state index in [0.29, 0.717) is 10.6 Å². The monoisotopic (exact) mass is 456 g/mol. The van der Waals surface area contributed by atoms with Crippen LogP contribution in [-0.2, 0) is 17.6 Å². The number of aryl methyl sites for hydroxylation is 1. The molecule has 1 aromatic rings. The van der Waals surface area contributed by atoms with Gasteiger partial charge in [-0.1, -0.05) is 41.7 Å². The van der Waals surface area contributed by atoms with Crippen LogP contribution < -0.4 is 21.7 Å². The van der Waals surface area contributed by atoms with Crippen LogP contribution in [0.4, 0.5) is 5.00 Å². The van der Waals surface area contributed by atoms with Crippen LogP contribution in [0.15, 0.2) is 0 Å². The summed E-state index contributed by atoms with van der Waals surface area (Å²) in [7, 11) is 0. The predicted octanol–water partition coefficient (Wildman–Crippen LogP) is 3.23. The second-order valence-corrected chi connectivity index (χ2v) is 9.66. The number of nitrogens with two attached hydrogens (primary N) is 1. The molecule has 0 fully saturated rings. The van der Waals surface area contributed by atoms with Gasteiger partial charge < -0.3 is 21.7 Å². The zero-order chi connectivity index (χ0) is 19.5. The molecule has 2 rings (SSSR count). The number of amides is 2. The van der Waals surface area contributed by atoms with Crippen molar-refractivity contribution in [1.82, 2.24) is 10.6 Å². The van der Waals surface area contributed by atoms with E-state index in [4.69, 9.17) is 52.8 Å². The van der Waals surface area contributed by atoms with Gasteiger partial charge >= 0.3 is 0 Å². The topological polar surface area (TPSA) is 96.2 Å². The summed E-state index contributed by atoms with van der Waals surface area (Å²) in [6.45, 7) is 1.68. The first-order valence-electron chi connectivity index (χ1n) is 8.01. The van der Waals surface area contributed by atoms with Crippen molar-refractivity contribution in [2.45, 2.75) is 49.0 Å². The van der Waals surface area contributed by atoms with Crippen LogP contribution in [0.25, 0.3) is 0 Å². The van der Waals surface area contributed by atoms with Gasteiger partial charge in [-0.05, 0) is 43.5 Å². The third-order valence-electron chi connectivity index (χ3n) is 3.87. The van der Waals surface area contributed by atoms with Crippen molar-refractivity contribution in [3.05, 3.63) is 16.0 Å². The van der Waals surface area contributed by atoms with Gasteiger partial charge in [0.05, 0.1) is 5.56 Å². The highest BCUT2D eigenvalue weighted by molar-refractivity contribution is 7.80. The molecule has 6 nitrogen and oxygen atoms in total. The molecule has 0 spiro atoms. The van der Waals surface area contributed by atoms with Gasteiger partial charge in [0.25, 0.3) is 5.91 Å². The molecule has 144 valence electrons. The molecule has 1 heterocycles. The average molecular weight is 458 g/mol. The molecule has 2 amide bonds. The lowest BCUT2D eigenvalue weighted by Crippen LogP contribution is -2.56. The molecule has 0 saturated heterocycles. The van der Waals surface area contributed by atoms with Gasteiger partial charge in [-0.25, -0.2) is 0 Å². The predicted molar refractivity (Wildman–Crippen MR) is 111 cm³/mol. The Morgan fingerprint density at radius 3 is 2.50 bits per heavy atom. The molecule has 1 atom stereocenters. The fourth-order valence-electron chi connectivity index (χ4n) is 2.65. The molecule has 5 N–H and O–H groups in total. The number of nitrogens with one attached hydrogen (secondary N) is 3. The molecule has 11 heteroatoms. The summed E-state index contributed by atoms with van der Waals surface area (Å²) in [5.41, 5.74) is 7.00. The number of rotatable bonds is 5. The number of fused-ring (bicyclic) bond motifs is 1. The van der Waals surface area contributed by atoms with E-state index in [9.17, 15) is 9.59 Å². The van der Waals surface area contributed by atoms with E-state index in [2.05, 4.69) is 16.0 Å². The van der Waals surface area contributed by atoms with Gasteiger partial charge in [0.1, 0.15) is 11.2 Å². The van der Waals surface area contributed by atoms with Crippen LogP contribution in [0.3, 0.4) is 0 Å². The molecule has 0 radical (unpaired) electrons. The lowest BCUT2D eigenvalue weighted by atomic mass is 9.95. The number of primary amides is 1. The van der Waals surface area contributed by atoms with Gasteiger partial charge in [0, 0.05) is 11.3 Å². The Morgan fingerprint density at radius 2 is 1.92 bits per heavy atom. The summed E-state index contributed by atoms with van der Waals surface area (Å²) in [5, 5.41) is 8.94. The Hall–Kier alpha value is -0.800. The molecule has 0 aromatic carbocycles. The lowest BCUT2D eigenvalue weighted by Gasteiger charge is -2.27. The maximum atomic E-state index is 11.9. The van der Waals surface area contributed by atoms with Crippen LogP contribution in [0.1, 0.15) is 47.0 Å². The standard InChI is InChI=1S/C15H19Cl3N4O2S2/c1-2-9(23)20-13(15(16,17)18)22-14(25)21-12-10(11(19)24)7-5-3-4-6-8(7)26-12/h13H,2-6H2,1H3,(H2,19,24)(H,20,23)(H2,21,22,25)/t13-/m0/s1. The quantitative estimate of drug-likeness (QED) is 0.309. The molecular formula is C15H19Cl3N4O2S2. The van der Waals surface area contributed by atoms with Gasteiger partial charge in [0.15, 0.2) is 5.11 Å². The smallest absolute Gasteiger partial charge is 0.251 e. The second kappa shape index (κ2) is 8.93. The second-order valence-electron chi connectivity index (χ2n) is 5.77. The maximum absolute atomic E-state index is 11.9. The van der Waals surface area contributed by atoms with Crippen molar-refractivity contribution >= 4 is 80.3 Å². The summed E-state index contributed by atoms with van der Waals surface area (Å²) in [4.78, 5) is 24.7. The van der Waals surface area contributed by atoms with E-state index in [1.54, 1.807) is 6.92 Å². The van der Waals surface area contributed by atoms with E-state index in [1.807, 2.05) is 0 Å². The Balaban J connectivity index is 2.17. The number of alkyl halides is 3. The number of hydrogen-bond donors (Lipinski definition) is 4. The first kappa shape index (κ1) is 21.5. The number of carbonyl (C=O) groups excluding carboxylic acids is 2. The molecule has 0 bridgehead atoms. The fraction of sp³-hybridized carbons (Fsp3) is 0.533. The highest BCUT2D eigenvalue weighted by atomic mass is 35.6. The minimum absolute atomic E-state index is 0.110. The summed E-state index contributed by atoms with van der Waals surface area (Å²) in [6, 6.07) is 0. The van der Waals surface area contributed by atoms with Crippen LogP contribution in [-0.4, -0.2) is 26.9 Å². The third kappa shape index (κ3) is 5.36. The van der Waals surface area contributed by atoms with Gasteiger partial charge in [-0.2, -0.15) is 0 Å². The van der Waals surface area contributed by atoms with Gasteiger partial charge in [-0.3, -0.25) is 9.59 Å². The fourth-order valence-corrected chi connectivity index (χ4v) is 4.56. The van der Waals surface area contributed by atoms with Crippen molar-refractivity contribution in [2.75, 3.05) is 5.32 Å². The molecule has 1 aliphatic rings. The number of anilines is 1. The SMILES string of the molecule is CCC(=O)N[C@@H](NC(=S)Nc1sc2c(c1C(N)=O)CCCC2)C(Cl)(Cl)Cl. The molecule has 1 aromatic heterocycles. The Morgan fingerprint density at radius 1 is 1.27 bits per heavy atom. The van der Waals surface area contributed by atoms with E-state index >= 15 is 0 Å². The molecule has 26 heavy (non-hydrogen) atoms. The van der Waals surface area contributed by atoms with E-state index in [1.165, 1.54) is 11.3 Å². The first-order chi connectivity index (χ1) is 12.1. The zero-order valence-corrected chi connectivity index (χ0v) is 17.9. The van der Waals surface area contributed by atoms with E-state index in [0.717, 1.165) is 36.1 Å². The minimum Gasteiger partial charge on any atom is -0.365 e. The highest BCUT2D eigenvalue weighted by Gasteiger charge is 2.34. The van der Waals surface area contributed by atoms with Crippen molar-refractivity contribution in [1.29, 1.82) is 0 Å². The summed E-state index contributed by atoms with van der Waals surface area (Å²) in [6.07, 6.45) is 3.01. The van der Waals surface area contributed by atoms with Gasteiger partial charge in [-0.15, -0.1) is 11.3 Å². The minimum atomic E-state index is -1.82. The van der Waals surface area contributed by atoms with E-state index in [-0.39, 0.29) is 17.4 Å². The van der Waals surface area contributed by atoms with Crippen molar-refractivity contribution in [2.24, 2.45) is 5.73 Å². The van der Waals surface area contributed by atoms with Crippen LogP contribution in [0.5, 0.6) is 0 Å². The van der Waals surface area contributed by atoms with Crippen LogP contribution in [0, 0.1) is 0 Å². The highest BCUT2D eigenvalue weighted by Crippen LogP contribution is 2.38. The maximum Gasteiger partial charge on any atom is 0.251 e. The summed E-state index contributed by atoms with van der Waals surface area (Å²) < 4.78 is -1.82. The van der Waals surface area contributed by atoms with Crippen molar-refractivity contribution in [3.63, 3.8) is 0 Å². The molecular weight excluding hydrogens is 439 g/mol. The summed E-state index contributed by atoms with van der Waals surface area (Å²) >= 11 is 24.4. The largest absolute Gasteiger partial charge is 0.365 e. The Bertz CT molecular complexity index is 718. The number of thiophene rings is 1. The third-order valence-corrected chi connectivity index (χ3v) is 5.96. The molecule has 0 saturated carbocycles. The lowest BCUT2D eigenvalue weighted by molar-refractivity contribution is -0.121. The number of hydrogen-bond acceptors (Lipinski definition) is 4. The zero-order valence-electron chi connectivity index (χ0n) is 14.0. The van der Waals surface area contributed by atoms with Crippen LogP contribution in [0.2, 0.25) is 0 Å². The van der Waals surface area contributed by atoms with Crippen molar-refractivity contribution in [3.8, 4) is 0 Å². The molecule has 1 aliphatic carbocycles. The summed E-state index contributed by atoms with van der Waals surface area (Å²) in [5.74, 6) is -0.812. The number of thiocarbonyl (C=S) groups is 1. The van der Waals surface area contributed by atoms with Crippen LogP contribution >= 0.6 is 58.4 Å². The first-order valence-corrected chi connectivity index (χ1v) is 10.4. The molecule has 0 aliphatic heterocycles.